The van der Waals surface area contributed by atoms with Gasteiger partial charge in [-0.25, -0.2) is 0 Å². The Labute approximate surface area is 174 Å². The minimum Gasteiger partial charge on any atom is -0.394 e. The number of rotatable bonds is 7. The molecular weight excluding hydrogens is 404 g/mol. The molecule has 0 aromatic rings. The van der Waals surface area contributed by atoms with E-state index < -0.39 is 79.7 Å². The highest BCUT2D eigenvalue weighted by atomic mass is 16.7. The summed E-state index contributed by atoms with van der Waals surface area (Å²) in [5.74, 6) is -0.751. The summed E-state index contributed by atoms with van der Waals surface area (Å²) in [6, 6.07) is -3.02. The standard InChI is InChI=1S/C16H32N4O9.CH4/c17-2-1-7(22)15(27)20-6-3-5(18)14(13(26)10(6)23)29-16-9(19)12(25)11(24)8(4-21)28-16;/h5-14,16,21-26H,1-4,17-19H2,(H,20,27);1H4/t5?,6-,7+,8?,9?,10?,11-,12-,13-,14-,16-;/m1./s1. The number of aliphatic hydroxyl groups is 6. The molecule has 30 heavy (non-hydrogen) atoms. The molecule has 0 spiro atoms. The third-order valence-electron chi connectivity index (χ3n) is 5.34. The first-order valence-electron chi connectivity index (χ1n) is 9.46. The van der Waals surface area contributed by atoms with E-state index in [9.17, 15) is 35.4 Å². The van der Waals surface area contributed by atoms with Crippen molar-refractivity contribution in [3.63, 3.8) is 0 Å². The zero-order valence-electron chi connectivity index (χ0n) is 15.8. The van der Waals surface area contributed by atoms with E-state index in [0.717, 1.165) is 0 Å². The van der Waals surface area contributed by atoms with E-state index in [0.29, 0.717) is 0 Å². The van der Waals surface area contributed by atoms with Crippen LogP contribution in [0.4, 0.5) is 0 Å². The van der Waals surface area contributed by atoms with E-state index in [-0.39, 0.29) is 26.8 Å². The lowest BCUT2D eigenvalue weighted by molar-refractivity contribution is -0.294. The highest BCUT2D eigenvalue weighted by molar-refractivity contribution is 5.80. The van der Waals surface area contributed by atoms with Crippen LogP contribution in [0.25, 0.3) is 0 Å². The summed E-state index contributed by atoms with van der Waals surface area (Å²) in [7, 11) is 0. The summed E-state index contributed by atoms with van der Waals surface area (Å²) in [4.78, 5) is 11.9. The molecule has 2 aliphatic rings. The smallest absolute Gasteiger partial charge is 0.249 e. The molecule has 1 saturated carbocycles. The second-order valence-electron chi connectivity index (χ2n) is 7.47. The van der Waals surface area contributed by atoms with Crippen LogP contribution in [0.3, 0.4) is 0 Å². The van der Waals surface area contributed by atoms with Crippen LogP contribution in [0, 0.1) is 0 Å². The largest absolute Gasteiger partial charge is 0.394 e. The molecular formula is C17H36N4O9. The number of aliphatic hydroxyl groups excluding tert-OH is 6. The van der Waals surface area contributed by atoms with Crippen LogP contribution >= 0.6 is 0 Å². The number of hydrogen-bond acceptors (Lipinski definition) is 12. The van der Waals surface area contributed by atoms with Crippen molar-refractivity contribution in [1.82, 2.24) is 5.32 Å². The van der Waals surface area contributed by atoms with Crippen LogP contribution < -0.4 is 22.5 Å². The van der Waals surface area contributed by atoms with Crippen molar-refractivity contribution < 1.29 is 44.9 Å². The highest BCUT2D eigenvalue weighted by Gasteiger charge is 2.48. The zero-order chi connectivity index (χ0) is 21.9. The predicted molar refractivity (Wildman–Crippen MR) is 104 cm³/mol. The number of hydrogen-bond donors (Lipinski definition) is 10. The first kappa shape index (κ1) is 27.1. The monoisotopic (exact) mass is 440 g/mol. The Morgan fingerprint density at radius 2 is 1.77 bits per heavy atom. The minimum atomic E-state index is -1.55. The van der Waals surface area contributed by atoms with Crippen LogP contribution in [-0.2, 0) is 14.3 Å². The number of nitrogens with two attached hydrogens (primary N) is 3. The molecule has 1 heterocycles. The van der Waals surface area contributed by atoms with Crippen molar-refractivity contribution in [2.45, 2.75) is 87.4 Å². The Kier molecular flexibility index (Phi) is 10.5. The molecule has 2 rings (SSSR count). The third-order valence-corrected chi connectivity index (χ3v) is 5.34. The molecule has 11 atom stereocenters. The van der Waals surface area contributed by atoms with Gasteiger partial charge in [-0.1, -0.05) is 7.43 Å². The van der Waals surface area contributed by atoms with Crippen LogP contribution in [0.5, 0.6) is 0 Å². The van der Waals surface area contributed by atoms with Gasteiger partial charge >= 0.3 is 0 Å². The lowest BCUT2D eigenvalue weighted by Gasteiger charge is -2.46. The molecule has 13 nitrogen and oxygen atoms in total. The van der Waals surface area contributed by atoms with Gasteiger partial charge in [-0.2, -0.15) is 0 Å². The molecule has 0 aromatic heterocycles. The van der Waals surface area contributed by atoms with Crippen LogP contribution in [0.15, 0.2) is 0 Å². The lowest BCUT2D eigenvalue weighted by Crippen LogP contribution is -2.68. The zero-order valence-corrected chi connectivity index (χ0v) is 15.8. The molecule has 0 bridgehead atoms. The third kappa shape index (κ3) is 5.83. The molecule has 1 saturated heterocycles. The Hall–Kier alpha value is -0.970. The van der Waals surface area contributed by atoms with E-state index >= 15 is 0 Å². The Balaban J connectivity index is 0.00000450. The molecule has 1 aliphatic heterocycles. The number of nitrogens with one attached hydrogen (secondary N) is 1. The van der Waals surface area contributed by atoms with E-state index in [1.165, 1.54) is 0 Å². The van der Waals surface area contributed by atoms with Gasteiger partial charge < -0.3 is 62.6 Å². The summed E-state index contributed by atoms with van der Waals surface area (Å²) < 4.78 is 10.9. The first-order valence-corrected chi connectivity index (χ1v) is 9.46. The normalized spacial score (nSPS) is 42.8. The van der Waals surface area contributed by atoms with Gasteiger partial charge in [0.2, 0.25) is 5.91 Å². The maximum Gasteiger partial charge on any atom is 0.249 e. The summed E-state index contributed by atoms with van der Waals surface area (Å²) in [6.45, 7) is -0.511. The number of carbonyl (C=O) groups excluding carboxylic acids is 1. The van der Waals surface area contributed by atoms with Gasteiger partial charge in [-0.3, -0.25) is 4.79 Å². The first-order chi connectivity index (χ1) is 13.6. The number of amides is 1. The summed E-state index contributed by atoms with van der Waals surface area (Å²) in [6.07, 6.45) is -10.9. The molecule has 178 valence electrons. The van der Waals surface area contributed by atoms with E-state index in [4.69, 9.17) is 26.7 Å². The van der Waals surface area contributed by atoms with Gasteiger partial charge in [0.25, 0.3) is 0 Å². The fourth-order valence-corrected chi connectivity index (χ4v) is 3.53. The molecule has 2 fully saturated rings. The molecule has 13 heteroatoms. The number of ether oxygens (including phenoxy) is 2. The summed E-state index contributed by atoms with van der Waals surface area (Å²) in [5, 5.41) is 62.0. The van der Waals surface area contributed by atoms with Crippen molar-refractivity contribution in [3.8, 4) is 0 Å². The maximum atomic E-state index is 11.9. The SMILES string of the molecule is C.NCC[C@H](O)C(=O)N[C@@H]1CC(N)[C@@H](O[C@H]2OC(CO)[C@@H](O)[C@H](O)C2N)[C@H](O)C1O. The fourth-order valence-electron chi connectivity index (χ4n) is 3.53. The van der Waals surface area contributed by atoms with Crippen LogP contribution in [0.2, 0.25) is 0 Å². The molecule has 1 aliphatic carbocycles. The van der Waals surface area contributed by atoms with Gasteiger partial charge in [-0.05, 0) is 19.4 Å². The van der Waals surface area contributed by atoms with E-state index in [1.54, 1.807) is 0 Å². The summed E-state index contributed by atoms with van der Waals surface area (Å²) >= 11 is 0. The Bertz CT molecular complexity index is 543. The fraction of sp³-hybridized carbons (Fsp3) is 0.941. The van der Waals surface area contributed by atoms with Gasteiger partial charge in [-0.15, -0.1) is 0 Å². The quantitative estimate of drug-likeness (QED) is 0.178. The van der Waals surface area contributed by atoms with Crippen molar-refractivity contribution in [2.24, 2.45) is 17.2 Å². The Morgan fingerprint density at radius 1 is 1.13 bits per heavy atom. The maximum absolute atomic E-state index is 11.9. The molecule has 1 amide bonds. The van der Waals surface area contributed by atoms with Gasteiger partial charge in [0.1, 0.15) is 42.7 Å². The molecule has 0 radical (unpaired) electrons. The van der Waals surface area contributed by atoms with E-state index in [1.807, 2.05) is 0 Å². The van der Waals surface area contributed by atoms with Crippen LogP contribution in [-0.4, -0.2) is 117 Å². The van der Waals surface area contributed by atoms with E-state index in [2.05, 4.69) is 5.32 Å². The summed E-state index contributed by atoms with van der Waals surface area (Å²) in [5.41, 5.74) is 17.1. The lowest BCUT2D eigenvalue weighted by atomic mass is 9.84. The Morgan fingerprint density at radius 3 is 2.33 bits per heavy atom. The van der Waals surface area contributed by atoms with Crippen LogP contribution in [0.1, 0.15) is 20.3 Å². The van der Waals surface area contributed by atoms with Crippen molar-refractivity contribution in [3.05, 3.63) is 0 Å². The topological polar surface area (TPSA) is 247 Å². The minimum absolute atomic E-state index is 0. The molecule has 4 unspecified atom stereocenters. The number of carbonyl (C=O) groups is 1. The van der Waals surface area contributed by atoms with Crippen molar-refractivity contribution >= 4 is 5.91 Å². The van der Waals surface area contributed by atoms with Gasteiger partial charge in [0.15, 0.2) is 6.29 Å². The molecule has 0 aromatic carbocycles. The van der Waals surface area contributed by atoms with Crippen molar-refractivity contribution in [2.75, 3.05) is 13.2 Å². The second-order valence-corrected chi connectivity index (χ2v) is 7.47. The highest BCUT2D eigenvalue weighted by Crippen LogP contribution is 2.27. The average molecular weight is 440 g/mol. The van der Waals surface area contributed by atoms with Gasteiger partial charge in [0, 0.05) is 6.04 Å². The van der Waals surface area contributed by atoms with Crippen molar-refractivity contribution in [1.29, 1.82) is 0 Å². The second kappa shape index (κ2) is 11.6. The molecule has 13 N–H and O–H groups in total. The predicted octanol–water partition coefficient (Wildman–Crippen LogP) is -5.58. The van der Waals surface area contributed by atoms with Gasteiger partial charge in [0.05, 0.1) is 18.7 Å². The average Bonchev–Trinajstić information content (AvgIpc) is 2.69.